The summed E-state index contributed by atoms with van der Waals surface area (Å²) >= 11 is 0. The first-order valence-electron chi connectivity index (χ1n) is 6.74. The van der Waals surface area contributed by atoms with E-state index in [0.29, 0.717) is 11.5 Å². The fourth-order valence-electron chi connectivity index (χ4n) is 1.77. The highest BCUT2D eigenvalue weighted by Crippen LogP contribution is 2.36. The van der Waals surface area contributed by atoms with E-state index in [-0.39, 0.29) is 0 Å². The zero-order valence-electron chi connectivity index (χ0n) is 11.7. The van der Waals surface area contributed by atoms with E-state index in [0.717, 1.165) is 12.8 Å². The Labute approximate surface area is 121 Å². The highest BCUT2D eigenvalue weighted by molar-refractivity contribution is 7.41. The van der Waals surface area contributed by atoms with Crippen LogP contribution in [0, 0.1) is 0 Å². The molecule has 2 aromatic carbocycles. The van der Waals surface area contributed by atoms with Gasteiger partial charge < -0.3 is 13.9 Å². The molecule has 0 saturated carbocycles. The lowest BCUT2D eigenvalue weighted by atomic mass is 10.2. The minimum absolute atomic E-state index is 0.612. The fourth-order valence-corrected chi connectivity index (χ4v) is 2.41. The quantitative estimate of drug-likeness (QED) is 0.797. The van der Waals surface area contributed by atoms with Gasteiger partial charge in [-0.2, -0.15) is 0 Å². The number of benzene rings is 2. The molecule has 2 rings (SSSR count). The standard InChI is InChI=1S/C16H19O3P/c1-3-13-5-9-15(10-6-13)18-20(17)19-16-11-7-14(4-2)8-12-16/h5-12,17H,3-4H2,1-2H3. The zero-order valence-corrected chi connectivity index (χ0v) is 12.6. The third-order valence-electron chi connectivity index (χ3n) is 3.03. The van der Waals surface area contributed by atoms with Gasteiger partial charge in [-0.15, -0.1) is 0 Å². The molecule has 4 heteroatoms. The molecular weight excluding hydrogens is 271 g/mol. The maximum absolute atomic E-state index is 9.83. The summed E-state index contributed by atoms with van der Waals surface area (Å²) in [6.07, 6.45) is 1.96. The molecule has 3 nitrogen and oxygen atoms in total. The molecule has 0 aliphatic heterocycles. The van der Waals surface area contributed by atoms with E-state index >= 15 is 0 Å². The van der Waals surface area contributed by atoms with E-state index in [2.05, 4.69) is 13.8 Å². The third kappa shape index (κ3) is 4.22. The Kier molecular flexibility index (Phi) is 5.40. The van der Waals surface area contributed by atoms with Gasteiger partial charge in [0, 0.05) is 0 Å². The molecule has 0 amide bonds. The number of rotatable bonds is 6. The smallest absolute Gasteiger partial charge is 0.418 e. The van der Waals surface area contributed by atoms with Crippen molar-refractivity contribution < 1.29 is 13.9 Å². The third-order valence-corrected chi connectivity index (χ3v) is 3.76. The van der Waals surface area contributed by atoms with Crippen LogP contribution < -0.4 is 9.05 Å². The molecule has 0 aromatic heterocycles. The van der Waals surface area contributed by atoms with Crippen molar-refractivity contribution in [2.45, 2.75) is 26.7 Å². The first kappa shape index (κ1) is 14.8. The van der Waals surface area contributed by atoms with E-state index in [9.17, 15) is 4.89 Å². The van der Waals surface area contributed by atoms with Crippen LogP contribution in [0.3, 0.4) is 0 Å². The summed E-state index contributed by atoms with van der Waals surface area (Å²) in [7, 11) is -1.96. The van der Waals surface area contributed by atoms with Crippen LogP contribution in [0.15, 0.2) is 48.5 Å². The minimum atomic E-state index is -1.96. The van der Waals surface area contributed by atoms with Crippen LogP contribution in [-0.4, -0.2) is 4.89 Å². The van der Waals surface area contributed by atoms with Gasteiger partial charge in [0.25, 0.3) is 0 Å². The van der Waals surface area contributed by atoms with Crippen LogP contribution >= 0.6 is 8.60 Å². The van der Waals surface area contributed by atoms with Gasteiger partial charge >= 0.3 is 8.60 Å². The van der Waals surface area contributed by atoms with Crippen LogP contribution in [0.2, 0.25) is 0 Å². The van der Waals surface area contributed by atoms with E-state index < -0.39 is 8.60 Å². The number of hydrogen-bond donors (Lipinski definition) is 1. The Bertz CT molecular complexity index is 473. The van der Waals surface area contributed by atoms with E-state index in [1.54, 1.807) is 0 Å². The Morgan fingerprint density at radius 2 is 1.10 bits per heavy atom. The summed E-state index contributed by atoms with van der Waals surface area (Å²) in [6.45, 7) is 4.19. The molecule has 0 spiro atoms. The Hall–Kier alpha value is -1.57. The molecule has 1 N–H and O–H groups in total. The second-order valence-electron chi connectivity index (χ2n) is 4.42. The van der Waals surface area contributed by atoms with Gasteiger partial charge in [0.05, 0.1) is 0 Å². The summed E-state index contributed by atoms with van der Waals surface area (Å²) < 4.78 is 10.7. The molecule has 0 aliphatic rings. The van der Waals surface area contributed by atoms with E-state index in [1.165, 1.54) is 11.1 Å². The summed E-state index contributed by atoms with van der Waals surface area (Å²) in [4.78, 5) is 9.83. The van der Waals surface area contributed by atoms with Crippen LogP contribution in [-0.2, 0) is 12.8 Å². The Morgan fingerprint density at radius 3 is 1.40 bits per heavy atom. The van der Waals surface area contributed by atoms with Crippen molar-refractivity contribution in [3.8, 4) is 11.5 Å². The zero-order chi connectivity index (χ0) is 14.4. The summed E-state index contributed by atoms with van der Waals surface area (Å²) in [5, 5.41) is 0. The summed E-state index contributed by atoms with van der Waals surface area (Å²) in [5.74, 6) is 1.22. The van der Waals surface area contributed by atoms with Crippen molar-refractivity contribution in [2.24, 2.45) is 0 Å². The lowest BCUT2D eigenvalue weighted by molar-refractivity contribution is 0.381. The monoisotopic (exact) mass is 290 g/mol. The molecule has 0 bridgehead atoms. The second-order valence-corrected chi connectivity index (χ2v) is 5.26. The van der Waals surface area contributed by atoms with Gasteiger partial charge in [-0.05, 0) is 48.2 Å². The van der Waals surface area contributed by atoms with Crippen molar-refractivity contribution >= 4 is 8.60 Å². The molecule has 0 heterocycles. The molecule has 0 radical (unpaired) electrons. The van der Waals surface area contributed by atoms with Gasteiger partial charge in [-0.1, -0.05) is 38.1 Å². The highest BCUT2D eigenvalue weighted by Gasteiger charge is 2.11. The Morgan fingerprint density at radius 1 is 0.750 bits per heavy atom. The van der Waals surface area contributed by atoms with Gasteiger partial charge in [0.1, 0.15) is 11.5 Å². The molecule has 0 aliphatic carbocycles. The van der Waals surface area contributed by atoms with Crippen LogP contribution in [0.5, 0.6) is 11.5 Å². The topological polar surface area (TPSA) is 38.7 Å². The van der Waals surface area contributed by atoms with Crippen molar-refractivity contribution in [1.29, 1.82) is 0 Å². The molecule has 20 heavy (non-hydrogen) atoms. The van der Waals surface area contributed by atoms with Gasteiger partial charge in [0.2, 0.25) is 0 Å². The average Bonchev–Trinajstić information content (AvgIpc) is 2.49. The predicted octanol–water partition coefficient (Wildman–Crippen LogP) is 4.49. The normalized spacial score (nSPS) is 10.6. The highest BCUT2D eigenvalue weighted by atomic mass is 31.2. The first-order valence-corrected chi connectivity index (χ1v) is 7.87. The number of aryl methyl sites for hydroxylation is 2. The molecular formula is C16H19O3P. The summed E-state index contributed by atoms with van der Waals surface area (Å²) in [5.41, 5.74) is 2.46. The van der Waals surface area contributed by atoms with Gasteiger partial charge in [0.15, 0.2) is 0 Å². The second kappa shape index (κ2) is 7.28. The lowest BCUT2D eigenvalue weighted by Gasteiger charge is -2.12. The molecule has 106 valence electrons. The SMILES string of the molecule is CCc1ccc(OP(O)Oc2ccc(CC)cc2)cc1. The molecule has 0 fully saturated rings. The van der Waals surface area contributed by atoms with Gasteiger partial charge in [-0.25, -0.2) is 0 Å². The van der Waals surface area contributed by atoms with Gasteiger partial charge in [-0.3, -0.25) is 0 Å². The fraction of sp³-hybridized carbons (Fsp3) is 0.250. The van der Waals surface area contributed by atoms with Crippen molar-refractivity contribution in [3.63, 3.8) is 0 Å². The van der Waals surface area contributed by atoms with Crippen molar-refractivity contribution in [2.75, 3.05) is 0 Å². The van der Waals surface area contributed by atoms with E-state index in [4.69, 9.17) is 9.05 Å². The first-order chi connectivity index (χ1) is 9.71. The predicted molar refractivity (Wildman–Crippen MR) is 82.0 cm³/mol. The average molecular weight is 290 g/mol. The van der Waals surface area contributed by atoms with Crippen LogP contribution in [0.4, 0.5) is 0 Å². The largest absolute Gasteiger partial charge is 0.460 e. The van der Waals surface area contributed by atoms with Crippen LogP contribution in [0.25, 0.3) is 0 Å². The summed E-state index contributed by atoms with van der Waals surface area (Å²) in [6, 6.07) is 15.3. The lowest BCUT2D eigenvalue weighted by Crippen LogP contribution is -1.95. The molecule has 0 unspecified atom stereocenters. The maximum Gasteiger partial charge on any atom is 0.460 e. The van der Waals surface area contributed by atoms with E-state index in [1.807, 2.05) is 48.5 Å². The molecule has 0 saturated heterocycles. The minimum Gasteiger partial charge on any atom is -0.418 e. The van der Waals surface area contributed by atoms with Crippen molar-refractivity contribution in [3.05, 3.63) is 59.7 Å². The number of hydrogen-bond acceptors (Lipinski definition) is 3. The van der Waals surface area contributed by atoms with Crippen molar-refractivity contribution in [1.82, 2.24) is 0 Å². The molecule has 0 atom stereocenters. The maximum atomic E-state index is 9.83. The Balaban J connectivity index is 1.91. The molecule has 2 aromatic rings. The van der Waals surface area contributed by atoms with Crippen LogP contribution in [0.1, 0.15) is 25.0 Å².